The Balaban J connectivity index is 1.58. The number of aliphatic hydroxyl groups excluding tert-OH is 2. The zero-order chi connectivity index (χ0) is 21.0. The lowest BCUT2D eigenvalue weighted by Crippen LogP contribution is -2.52. The maximum Gasteiger partial charge on any atom is 0.305 e. The molecule has 4 nitrogen and oxygen atoms in total. The molecule has 0 unspecified atom stereocenters. The van der Waals surface area contributed by atoms with E-state index in [2.05, 4.69) is 32.9 Å². The van der Waals surface area contributed by atoms with Crippen LogP contribution in [0.2, 0.25) is 0 Å². The molecule has 0 aromatic heterocycles. The Kier molecular flexibility index (Phi) is 5.48. The standard InChI is InChI=1S/C25H38O4/c1-15(5-10-23(28)29-4)19-8-9-20-18-7-6-16-13-17(26)14-22(27)25(16,3)21(18)11-12-24(19,20)2/h6-7,15,17,19-22,26-27H,5,8-14H2,1-4H3/t15-,17-,19-,20+,21+,22+,24-,25+/m1/s1. The predicted molar refractivity (Wildman–Crippen MR) is 113 cm³/mol. The highest BCUT2D eigenvalue weighted by atomic mass is 16.5. The van der Waals surface area contributed by atoms with Gasteiger partial charge in [0, 0.05) is 18.3 Å². The molecule has 4 rings (SSSR count). The maximum atomic E-state index is 11.6. The Morgan fingerprint density at radius 1 is 1.21 bits per heavy atom. The summed E-state index contributed by atoms with van der Waals surface area (Å²) in [7, 11) is 1.47. The van der Waals surface area contributed by atoms with Crippen LogP contribution >= 0.6 is 0 Å². The van der Waals surface area contributed by atoms with E-state index in [9.17, 15) is 15.0 Å². The van der Waals surface area contributed by atoms with Crippen LogP contribution in [0.3, 0.4) is 0 Å². The average Bonchev–Trinajstić information content (AvgIpc) is 3.04. The van der Waals surface area contributed by atoms with Gasteiger partial charge in [0.1, 0.15) is 0 Å². The number of allylic oxidation sites excluding steroid dienone is 3. The molecule has 0 aromatic carbocycles. The quantitative estimate of drug-likeness (QED) is 0.684. The van der Waals surface area contributed by atoms with Gasteiger partial charge in [-0.15, -0.1) is 0 Å². The highest BCUT2D eigenvalue weighted by molar-refractivity contribution is 5.69. The first-order chi connectivity index (χ1) is 13.7. The molecule has 0 heterocycles. The summed E-state index contributed by atoms with van der Waals surface area (Å²) in [6.07, 6.45) is 11.0. The summed E-state index contributed by atoms with van der Waals surface area (Å²) in [5.74, 6) is 2.01. The van der Waals surface area contributed by atoms with Crippen molar-refractivity contribution in [3.63, 3.8) is 0 Å². The molecule has 8 atom stereocenters. The lowest BCUT2D eigenvalue weighted by molar-refractivity contribution is -0.141. The first kappa shape index (κ1) is 21.1. The minimum atomic E-state index is -0.466. The summed E-state index contributed by atoms with van der Waals surface area (Å²) in [5, 5.41) is 21.2. The van der Waals surface area contributed by atoms with Gasteiger partial charge in [0.25, 0.3) is 0 Å². The molecule has 0 bridgehead atoms. The fourth-order valence-electron chi connectivity index (χ4n) is 7.67. The van der Waals surface area contributed by atoms with Gasteiger partial charge >= 0.3 is 5.97 Å². The Hall–Kier alpha value is -1.13. The summed E-state index contributed by atoms with van der Waals surface area (Å²) >= 11 is 0. The molecular formula is C25H38O4. The van der Waals surface area contributed by atoms with Crippen molar-refractivity contribution in [2.45, 2.75) is 84.3 Å². The van der Waals surface area contributed by atoms with E-state index in [1.54, 1.807) is 5.57 Å². The Morgan fingerprint density at radius 2 is 1.97 bits per heavy atom. The average molecular weight is 403 g/mol. The summed E-state index contributed by atoms with van der Waals surface area (Å²) in [5.41, 5.74) is 2.84. The molecule has 162 valence electrons. The third-order valence-corrected chi connectivity index (χ3v) is 9.44. The highest BCUT2D eigenvalue weighted by Crippen LogP contribution is 2.66. The maximum absolute atomic E-state index is 11.6. The van der Waals surface area contributed by atoms with E-state index in [-0.39, 0.29) is 16.8 Å². The third-order valence-electron chi connectivity index (χ3n) is 9.44. The molecule has 0 saturated heterocycles. The van der Waals surface area contributed by atoms with Crippen LogP contribution in [0, 0.1) is 34.5 Å². The molecule has 3 saturated carbocycles. The van der Waals surface area contributed by atoms with E-state index in [4.69, 9.17) is 4.74 Å². The molecule has 2 N–H and O–H groups in total. The monoisotopic (exact) mass is 402 g/mol. The fourth-order valence-corrected chi connectivity index (χ4v) is 7.67. The number of methoxy groups -OCH3 is 1. The SMILES string of the molecule is COC(=O)CC[C@@H](C)[C@H]1CC[C@H]2C3=CC=C4C[C@@H](O)C[C@H](O)[C@]4(C)[C@H]3CC[C@]12C. The zero-order valence-corrected chi connectivity index (χ0v) is 18.5. The first-order valence-corrected chi connectivity index (χ1v) is 11.6. The normalized spacial score (nSPS) is 44.7. The van der Waals surface area contributed by atoms with E-state index < -0.39 is 12.2 Å². The molecule has 29 heavy (non-hydrogen) atoms. The molecule has 4 aliphatic rings. The molecule has 4 heteroatoms. The van der Waals surface area contributed by atoms with Crippen molar-refractivity contribution in [3.8, 4) is 0 Å². The minimum absolute atomic E-state index is 0.102. The minimum Gasteiger partial charge on any atom is -0.469 e. The number of carbonyl (C=O) groups excluding carboxylic acids is 1. The van der Waals surface area contributed by atoms with Gasteiger partial charge in [-0.3, -0.25) is 4.79 Å². The van der Waals surface area contributed by atoms with Crippen LogP contribution in [0.4, 0.5) is 0 Å². The smallest absolute Gasteiger partial charge is 0.305 e. The van der Waals surface area contributed by atoms with Gasteiger partial charge in [0.15, 0.2) is 0 Å². The van der Waals surface area contributed by atoms with Crippen LogP contribution in [0.5, 0.6) is 0 Å². The van der Waals surface area contributed by atoms with Crippen molar-refractivity contribution in [2.75, 3.05) is 7.11 Å². The zero-order valence-electron chi connectivity index (χ0n) is 18.5. The van der Waals surface area contributed by atoms with Crippen LogP contribution in [-0.2, 0) is 9.53 Å². The molecule has 0 spiro atoms. The van der Waals surface area contributed by atoms with E-state index in [1.165, 1.54) is 31.9 Å². The summed E-state index contributed by atoms with van der Waals surface area (Å²) < 4.78 is 4.85. The lowest BCUT2D eigenvalue weighted by Gasteiger charge is -2.56. The van der Waals surface area contributed by atoms with Crippen molar-refractivity contribution in [1.29, 1.82) is 0 Å². The predicted octanol–water partition coefficient (Wildman–Crippen LogP) is 4.41. The molecule has 0 aliphatic heterocycles. The van der Waals surface area contributed by atoms with E-state index in [0.717, 1.165) is 12.8 Å². The molecule has 4 aliphatic carbocycles. The molecule has 0 amide bonds. The summed E-state index contributed by atoms with van der Waals surface area (Å²) in [6.45, 7) is 7.03. The highest BCUT2D eigenvalue weighted by Gasteiger charge is 2.58. The molecule has 0 aromatic rings. The number of fused-ring (bicyclic) bond motifs is 5. The molecular weight excluding hydrogens is 364 g/mol. The summed E-state index contributed by atoms with van der Waals surface area (Å²) in [4.78, 5) is 11.6. The first-order valence-electron chi connectivity index (χ1n) is 11.6. The van der Waals surface area contributed by atoms with E-state index >= 15 is 0 Å². The Morgan fingerprint density at radius 3 is 2.69 bits per heavy atom. The van der Waals surface area contributed by atoms with E-state index in [1.807, 2.05) is 0 Å². The summed E-state index contributed by atoms with van der Waals surface area (Å²) in [6, 6.07) is 0. The van der Waals surface area contributed by atoms with Crippen molar-refractivity contribution in [3.05, 3.63) is 23.3 Å². The largest absolute Gasteiger partial charge is 0.469 e. The third kappa shape index (κ3) is 3.22. The number of rotatable bonds is 4. The van der Waals surface area contributed by atoms with Crippen LogP contribution in [0.15, 0.2) is 23.3 Å². The van der Waals surface area contributed by atoms with Gasteiger partial charge in [-0.25, -0.2) is 0 Å². The number of hydrogen-bond acceptors (Lipinski definition) is 4. The van der Waals surface area contributed by atoms with Gasteiger partial charge in [-0.1, -0.05) is 44.1 Å². The van der Waals surface area contributed by atoms with Crippen LogP contribution in [0.1, 0.15) is 72.1 Å². The van der Waals surface area contributed by atoms with Gasteiger partial charge < -0.3 is 14.9 Å². The Labute approximate surface area is 175 Å². The Bertz CT molecular complexity index is 724. The van der Waals surface area contributed by atoms with Crippen molar-refractivity contribution < 1.29 is 19.7 Å². The van der Waals surface area contributed by atoms with Crippen molar-refractivity contribution in [1.82, 2.24) is 0 Å². The van der Waals surface area contributed by atoms with Gasteiger partial charge in [0.2, 0.25) is 0 Å². The van der Waals surface area contributed by atoms with Crippen molar-refractivity contribution in [2.24, 2.45) is 34.5 Å². The van der Waals surface area contributed by atoms with Crippen LogP contribution in [-0.4, -0.2) is 35.5 Å². The van der Waals surface area contributed by atoms with Crippen LogP contribution < -0.4 is 0 Å². The van der Waals surface area contributed by atoms with Gasteiger partial charge in [-0.05, 0) is 67.6 Å². The van der Waals surface area contributed by atoms with Crippen molar-refractivity contribution >= 4 is 5.97 Å². The fraction of sp³-hybridized carbons (Fsp3) is 0.800. The molecule has 3 fully saturated rings. The lowest BCUT2D eigenvalue weighted by atomic mass is 9.49. The second-order valence-corrected chi connectivity index (χ2v) is 10.7. The van der Waals surface area contributed by atoms with Crippen LogP contribution in [0.25, 0.3) is 0 Å². The number of aliphatic hydroxyl groups is 2. The number of carbonyl (C=O) groups is 1. The number of ether oxygens (including phenoxy) is 1. The second kappa shape index (κ2) is 7.53. The number of esters is 1. The van der Waals surface area contributed by atoms with Gasteiger partial charge in [0.05, 0.1) is 19.3 Å². The number of hydrogen-bond donors (Lipinski definition) is 2. The van der Waals surface area contributed by atoms with E-state index in [0.29, 0.717) is 42.9 Å². The van der Waals surface area contributed by atoms with Gasteiger partial charge in [-0.2, -0.15) is 0 Å². The topological polar surface area (TPSA) is 66.8 Å². The second-order valence-electron chi connectivity index (χ2n) is 10.7. The molecule has 0 radical (unpaired) electrons.